The molecule has 3 atom stereocenters. The largest absolute Gasteiger partial charge is 0.482 e. The van der Waals surface area contributed by atoms with Crippen LogP contribution in [0.2, 0.25) is 5.02 Å². The van der Waals surface area contributed by atoms with E-state index in [1.807, 2.05) is 36.4 Å². The van der Waals surface area contributed by atoms with E-state index >= 15 is 0 Å². The highest BCUT2D eigenvalue weighted by atomic mass is 35.5. The van der Waals surface area contributed by atoms with Gasteiger partial charge in [0.1, 0.15) is 17.2 Å². The lowest BCUT2D eigenvalue weighted by Crippen LogP contribution is -2.46. The number of alkyl halides is 3. The van der Waals surface area contributed by atoms with E-state index in [0.717, 1.165) is 34.8 Å². The fourth-order valence-corrected chi connectivity index (χ4v) is 8.57. The van der Waals surface area contributed by atoms with Crippen molar-refractivity contribution < 1.29 is 37.0 Å². The predicted octanol–water partition coefficient (Wildman–Crippen LogP) is 5.45. The molecule has 1 unspecified atom stereocenters. The molecule has 7 rings (SSSR count). The highest BCUT2D eigenvalue weighted by Gasteiger charge is 2.43. The third-order valence-corrected chi connectivity index (χ3v) is 11.6. The van der Waals surface area contributed by atoms with Gasteiger partial charge in [0.25, 0.3) is 0 Å². The van der Waals surface area contributed by atoms with E-state index in [1.54, 1.807) is 24.4 Å². The Morgan fingerprint density at radius 3 is 2.54 bits per heavy atom. The number of carbonyl (C=O) groups excluding carboxylic acids is 2. The Balaban J connectivity index is 1.16. The van der Waals surface area contributed by atoms with Gasteiger partial charge in [-0.2, -0.15) is 18.2 Å². The Bertz CT molecular complexity index is 2050. The van der Waals surface area contributed by atoms with E-state index in [4.69, 9.17) is 25.8 Å². The van der Waals surface area contributed by atoms with Gasteiger partial charge < -0.3 is 40.4 Å². The molecular formula is C41H47ClF3N7O5. The van der Waals surface area contributed by atoms with E-state index in [-0.39, 0.29) is 41.9 Å². The molecule has 1 aromatic carbocycles. The number of amides is 2. The number of likely N-dealkylation sites (tertiary alicyclic amines) is 1. The van der Waals surface area contributed by atoms with E-state index in [0.29, 0.717) is 74.8 Å². The minimum atomic E-state index is -4.75. The van der Waals surface area contributed by atoms with Gasteiger partial charge >= 0.3 is 6.18 Å². The maximum Gasteiger partial charge on any atom is 0.421 e. The summed E-state index contributed by atoms with van der Waals surface area (Å²) in [5, 5.41) is 13.7. The van der Waals surface area contributed by atoms with E-state index in [2.05, 4.69) is 31.2 Å². The molecule has 0 spiro atoms. The van der Waals surface area contributed by atoms with Crippen molar-refractivity contribution in [3.63, 3.8) is 0 Å². The molecule has 2 amide bonds. The first kappa shape index (κ1) is 40.3. The fourth-order valence-electron chi connectivity index (χ4n) is 8.30. The van der Waals surface area contributed by atoms with Crippen LogP contribution in [0.3, 0.4) is 0 Å². The van der Waals surface area contributed by atoms with E-state index in [1.165, 1.54) is 14.0 Å². The molecule has 5 heterocycles. The third kappa shape index (κ3) is 8.56. The molecule has 0 radical (unpaired) electrons. The molecule has 3 aliphatic heterocycles. The standard InChI is InChI=1S/C41H47ClF3N7O5/c1-24(53)52-17-13-27(14-18-52)48-21-26-19-33(41(43,44)45)39(50-37(26)55-2)57-35-9-8-29-30(35)5-4-6-31(29)40(32-12-16-46-23-34(32)42)15-11-25(38(51-40)56-3)20-47-22-28-7-10-36(54)49-28/h4-6,11-12,15-16,19,23,27-28,35,47-48,51H,7-10,13-14,17-18,20-22H2,1-3H3,(H,49,54)/t28-,35-,40?/m0/s1. The van der Waals surface area contributed by atoms with Gasteiger partial charge in [0.2, 0.25) is 23.6 Å². The zero-order chi connectivity index (χ0) is 40.3. The van der Waals surface area contributed by atoms with Gasteiger partial charge in [-0.3, -0.25) is 14.6 Å². The lowest BCUT2D eigenvalue weighted by Gasteiger charge is -2.39. The summed E-state index contributed by atoms with van der Waals surface area (Å²) in [5.74, 6) is 0.0631. The second-order valence-corrected chi connectivity index (χ2v) is 15.2. The van der Waals surface area contributed by atoms with Gasteiger partial charge in [0, 0.05) is 87.2 Å². The molecule has 1 aliphatic carbocycles. The summed E-state index contributed by atoms with van der Waals surface area (Å²) in [6.07, 6.45) is 5.32. The maximum atomic E-state index is 14.7. The second kappa shape index (κ2) is 16.9. The Labute approximate surface area is 334 Å². The number of fused-ring (bicyclic) bond motifs is 1. The van der Waals surface area contributed by atoms with Crippen molar-refractivity contribution in [2.45, 2.75) is 81.9 Å². The number of hydrogen-bond donors (Lipinski definition) is 4. The molecule has 2 saturated heterocycles. The van der Waals surface area contributed by atoms with Crippen LogP contribution >= 0.6 is 11.6 Å². The number of pyridine rings is 2. The number of nitrogens with one attached hydrogen (secondary N) is 4. The maximum absolute atomic E-state index is 14.7. The minimum absolute atomic E-state index is 0.00925. The van der Waals surface area contributed by atoms with E-state index in [9.17, 15) is 22.8 Å². The van der Waals surface area contributed by atoms with Crippen LogP contribution in [0.5, 0.6) is 11.8 Å². The highest BCUT2D eigenvalue weighted by Crippen LogP contribution is 2.47. The Kier molecular flexibility index (Phi) is 12.0. The van der Waals surface area contributed by atoms with Gasteiger partial charge in [-0.25, -0.2) is 0 Å². The van der Waals surface area contributed by atoms with Crippen molar-refractivity contribution in [3.8, 4) is 11.8 Å². The lowest BCUT2D eigenvalue weighted by molar-refractivity contribution is -0.139. The third-order valence-electron chi connectivity index (χ3n) is 11.3. The van der Waals surface area contributed by atoms with Crippen molar-refractivity contribution in [1.82, 2.24) is 36.1 Å². The normalized spacial score (nSPS) is 22.3. The highest BCUT2D eigenvalue weighted by molar-refractivity contribution is 6.31. The monoisotopic (exact) mass is 809 g/mol. The predicted molar refractivity (Wildman–Crippen MR) is 206 cm³/mol. The number of rotatable bonds is 13. The number of aromatic nitrogens is 2. The number of halogens is 4. The van der Waals surface area contributed by atoms with Crippen LogP contribution in [0.15, 0.2) is 66.3 Å². The van der Waals surface area contributed by atoms with Crippen LogP contribution in [0.25, 0.3) is 0 Å². The zero-order valence-corrected chi connectivity index (χ0v) is 32.9. The summed E-state index contributed by atoms with van der Waals surface area (Å²) in [7, 11) is 2.95. The summed E-state index contributed by atoms with van der Waals surface area (Å²) >= 11 is 6.85. The molecule has 0 saturated carbocycles. The Morgan fingerprint density at radius 2 is 1.86 bits per heavy atom. The van der Waals surface area contributed by atoms with Crippen LogP contribution in [0, 0.1) is 0 Å². The SMILES string of the molecule is COC1=C(CNC[C@@H]2CCC(=O)N2)C=CC(c2ccncc2Cl)(c2cccc3c2CC[C@@H]3Oc2nc(OC)c(CNC3CCN(C(C)=O)CC3)cc2C(F)(F)F)N1. The average molecular weight is 810 g/mol. The first-order chi connectivity index (χ1) is 27.4. The van der Waals surface area contributed by atoms with Gasteiger partial charge in [0.15, 0.2) is 5.88 Å². The number of piperidine rings is 1. The quantitative estimate of drug-likeness (QED) is 0.176. The molecule has 2 aromatic heterocycles. The fraction of sp³-hybridized carbons (Fsp3) is 0.463. The smallest absolute Gasteiger partial charge is 0.421 e. The van der Waals surface area contributed by atoms with Gasteiger partial charge in [-0.1, -0.05) is 35.9 Å². The first-order valence-electron chi connectivity index (χ1n) is 19.2. The topological polar surface area (TPSA) is 139 Å². The van der Waals surface area contributed by atoms with Crippen molar-refractivity contribution in [2.75, 3.05) is 40.4 Å². The van der Waals surface area contributed by atoms with Crippen LogP contribution in [-0.2, 0) is 39.0 Å². The number of benzene rings is 1. The van der Waals surface area contributed by atoms with Crippen LogP contribution < -0.4 is 30.7 Å². The van der Waals surface area contributed by atoms with Gasteiger partial charge in [0.05, 0.1) is 19.2 Å². The Morgan fingerprint density at radius 1 is 1.05 bits per heavy atom. The number of ether oxygens (including phenoxy) is 3. The summed E-state index contributed by atoms with van der Waals surface area (Å²) in [5.41, 5.74) is 2.27. The van der Waals surface area contributed by atoms with Crippen LogP contribution in [0.1, 0.15) is 78.5 Å². The van der Waals surface area contributed by atoms with E-state index < -0.39 is 29.3 Å². The van der Waals surface area contributed by atoms with Crippen molar-refractivity contribution in [3.05, 3.63) is 105 Å². The average Bonchev–Trinajstić information content (AvgIpc) is 3.82. The first-order valence-corrected chi connectivity index (χ1v) is 19.6. The number of methoxy groups -OCH3 is 2. The van der Waals surface area contributed by atoms with Crippen molar-refractivity contribution >= 4 is 23.4 Å². The summed E-state index contributed by atoms with van der Waals surface area (Å²) in [6, 6.07) is 8.69. The summed E-state index contributed by atoms with van der Waals surface area (Å²) in [4.78, 5) is 33.7. The van der Waals surface area contributed by atoms with Crippen molar-refractivity contribution in [1.29, 1.82) is 0 Å². The number of hydrogen-bond acceptors (Lipinski definition) is 10. The van der Waals surface area contributed by atoms with Gasteiger partial charge in [-0.15, -0.1) is 0 Å². The lowest BCUT2D eigenvalue weighted by atomic mass is 9.78. The number of carbonyl (C=O) groups is 2. The molecule has 4 N–H and O–H groups in total. The summed E-state index contributed by atoms with van der Waals surface area (Å²) in [6.45, 7) is 3.88. The number of dihydropyridines is 1. The minimum Gasteiger partial charge on any atom is -0.482 e. The van der Waals surface area contributed by atoms with Crippen LogP contribution in [0.4, 0.5) is 13.2 Å². The number of nitrogens with zero attached hydrogens (tertiary/aromatic N) is 3. The molecular weight excluding hydrogens is 763 g/mol. The zero-order valence-electron chi connectivity index (χ0n) is 32.1. The molecule has 12 nitrogen and oxygen atoms in total. The van der Waals surface area contributed by atoms with Crippen LogP contribution in [-0.4, -0.2) is 79.2 Å². The summed E-state index contributed by atoms with van der Waals surface area (Å²) < 4.78 is 61.8. The molecule has 304 valence electrons. The molecule has 3 aromatic rings. The molecule has 57 heavy (non-hydrogen) atoms. The Hall–Kier alpha value is -4.86. The molecule has 4 aliphatic rings. The molecule has 0 bridgehead atoms. The van der Waals surface area contributed by atoms with Crippen molar-refractivity contribution in [2.24, 2.45) is 0 Å². The molecule has 2 fully saturated rings. The second-order valence-electron chi connectivity index (χ2n) is 14.8. The van der Waals surface area contributed by atoms with Gasteiger partial charge in [-0.05, 0) is 67.0 Å². The molecule has 16 heteroatoms.